The van der Waals surface area contributed by atoms with Crippen molar-refractivity contribution in [1.82, 2.24) is 5.32 Å². The molecule has 1 unspecified atom stereocenters. The predicted octanol–water partition coefficient (Wildman–Crippen LogP) is 2.83. The molecule has 0 spiro atoms. The maximum Gasteiger partial charge on any atom is 0.0822 e. The van der Waals surface area contributed by atoms with Crippen molar-refractivity contribution < 1.29 is 4.74 Å². The second-order valence-corrected chi connectivity index (χ2v) is 6.29. The summed E-state index contributed by atoms with van der Waals surface area (Å²) in [7, 11) is 1.79. The van der Waals surface area contributed by atoms with Crippen molar-refractivity contribution in [3.05, 3.63) is 0 Å². The van der Waals surface area contributed by atoms with Crippen molar-refractivity contribution in [3.8, 4) is 0 Å². The zero-order valence-electron chi connectivity index (χ0n) is 11.1. The highest BCUT2D eigenvalue weighted by Crippen LogP contribution is 2.32. The van der Waals surface area contributed by atoms with Gasteiger partial charge in [0.2, 0.25) is 0 Å². The van der Waals surface area contributed by atoms with Crippen LogP contribution >= 0.6 is 0 Å². The van der Waals surface area contributed by atoms with E-state index in [2.05, 4.69) is 53.8 Å². The number of ether oxygens (including phenoxy) is 1. The molecule has 0 heterocycles. The quantitative estimate of drug-likeness (QED) is 0.758. The molecule has 0 saturated heterocycles. The standard InChI is InChI=1S/C12H27NO/c1-10(2,3)12(7,14-8)9-13-11(4,5)6/h13H,9H2,1-8H3. The normalized spacial score (nSPS) is 18.0. The molecule has 0 aromatic carbocycles. The predicted molar refractivity (Wildman–Crippen MR) is 62.6 cm³/mol. The monoisotopic (exact) mass is 201 g/mol. The van der Waals surface area contributed by atoms with Crippen LogP contribution in [-0.2, 0) is 4.74 Å². The van der Waals surface area contributed by atoms with E-state index >= 15 is 0 Å². The van der Waals surface area contributed by atoms with Crippen molar-refractivity contribution in [2.75, 3.05) is 13.7 Å². The first-order chi connectivity index (χ1) is 6.02. The van der Waals surface area contributed by atoms with Gasteiger partial charge in [-0.3, -0.25) is 0 Å². The Hall–Kier alpha value is -0.0800. The van der Waals surface area contributed by atoms with Crippen LogP contribution in [0.15, 0.2) is 0 Å². The van der Waals surface area contributed by atoms with Crippen LogP contribution in [0.3, 0.4) is 0 Å². The molecule has 0 aromatic rings. The summed E-state index contributed by atoms with van der Waals surface area (Å²) in [5.41, 5.74) is 0.158. The van der Waals surface area contributed by atoms with E-state index in [9.17, 15) is 0 Å². The highest BCUT2D eigenvalue weighted by Gasteiger charge is 2.37. The molecule has 2 nitrogen and oxygen atoms in total. The molecular formula is C12H27NO. The molecule has 0 rings (SSSR count). The fraction of sp³-hybridized carbons (Fsp3) is 1.00. The molecule has 0 aliphatic rings. The molecule has 0 aromatic heterocycles. The smallest absolute Gasteiger partial charge is 0.0822 e. The second-order valence-electron chi connectivity index (χ2n) is 6.29. The maximum absolute atomic E-state index is 5.64. The first-order valence-corrected chi connectivity index (χ1v) is 5.32. The van der Waals surface area contributed by atoms with Gasteiger partial charge in [-0.1, -0.05) is 20.8 Å². The van der Waals surface area contributed by atoms with Gasteiger partial charge >= 0.3 is 0 Å². The van der Waals surface area contributed by atoms with Gasteiger partial charge in [-0.15, -0.1) is 0 Å². The average molecular weight is 201 g/mol. The topological polar surface area (TPSA) is 21.3 Å². The van der Waals surface area contributed by atoms with Crippen molar-refractivity contribution in [3.63, 3.8) is 0 Å². The van der Waals surface area contributed by atoms with Crippen LogP contribution in [0.25, 0.3) is 0 Å². The van der Waals surface area contributed by atoms with Crippen LogP contribution in [-0.4, -0.2) is 24.8 Å². The third-order valence-corrected chi connectivity index (χ3v) is 2.99. The van der Waals surface area contributed by atoms with E-state index in [4.69, 9.17) is 4.74 Å². The van der Waals surface area contributed by atoms with Crippen LogP contribution in [0.1, 0.15) is 48.5 Å². The van der Waals surface area contributed by atoms with Crippen LogP contribution < -0.4 is 5.32 Å². The third-order valence-electron chi connectivity index (χ3n) is 2.99. The fourth-order valence-corrected chi connectivity index (χ4v) is 1.08. The Morgan fingerprint density at radius 3 is 1.57 bits per heavy atom. The van der Waals surface area contributed by atoms with Crippen LogP contribution in [0.2, 0.25) is 0 Å². The summed E-state index contributed by atoms with van der Waals surface area (Å²) in [6, 6.07) is 0. The van der Waals surface area contributed by atoms with Crippen molar-refractivity contribution in [2.24, 2.45) is 5.41 Å². The van der Waals surface area contributed by atoms with Gasteiger partial charge in [0.1, 0.15) is 0 Å². The summed E-state index contributed by atoms with van der Waals surface area (Å²) >= 11 is 0. The van der Waals surface area contributed by atoms with Gasteiger partial charge in [0, 0.05) is 19.2 Å². The molecule has 0 bridgehead atoms. The molecule has 0 aliphatic carbocycles. The summed E-state index contributed by atoms with van der Waals surface area (Å²) in [5.74, 6) is 0. The Bertz CT molecular complexity index is 176. The lowest BCUT2D eigenvalue weighted by molar-refractivity contribution is -0.0781. The summed E-state index contributed by atoms with van der Waals surface area (Å²) in [6.07, 6.45) is 0. The minimum atomic E-state index is -0.125. The Balaban J connectivity index is 4.43. The zero-order valence-corrected chi connectivity index (χ0v) is 11.1. The fourth-order valence-electron chi connectivity index (χ4n) is 1.08. The lowest BCUT2D eigenvalue weighted by Gasteiger charge is -2.42. The first-order valence-electron chi connectivity index (χ1n) is 5.32. The zero-order chi connectivity index (χ0) is 11.6. The number of hydrogen-bond acceptors (Lipinski definition) is 2. The Morgan fingerprint density at radius 2 is 1.36 bits per heavy atom. The minimum absolute atomic E-state index is 0.125. The van der Waals surface area contributed by atoms with E-state index in [1.54, 1.807) is 7.11 Å². The SMILES string of the molecule is COC(C)(CNC(C)(C)C)C(C)(C)C. The second kappa shape index (κ2) is 4.19. The molecule has 86 valence electrons. The third kappa shape index (κ3) is 3.97. The van der Waals surface area contributed by atoms with E-state index in [1.165, 1.54) is 0 Å². The molecule has 0 aliphatic heterocycles. The van der Waals surface area contributed by atoms with Gasteiger partial charge < -0.3 is 10.1 Å². The van der Waals surface area contributed by atoms with Gasteiger partial charge in [-0.05, 0) is 33.1 Å². The minimum Gasteiger partial charge on any atom is -0.377 e. The number of hydrogen-bond donors (Lipinski definition) is 1. The molecular weight excluding hydrogens is 174 g/mol. The highest BCUT2D eigenvalue weighted by atomic mass is 16.5. The van der Waals surface area contributed by atoms with Gasteiger partial charge in [-0.2, -0.15) is 0 Å². The Morgan fingerprint density at radius 1 is 0.929 bits per heavy atom. The lowest BCUT2D eigenvalue weighted by atomic mass is 9.77. The largest absolute Gasteiger partial charge is 0.377 e. The molecule has 1 atom stereocenters. The number of nitrogens with one attached hydrogen (secondary N) is 1. The summed E-state index contributed by atoms with van der Waals surface area (Å²) in [4.78, 5) is 0. The van der Waals surface area contributed by atoms with Crippen molar-refractivity contribution in [2.45, 2.75) is 59.6 Å². The van der Waals surface area contributed by atoms with Gasteiger partial charge in [0.15, 0.2) is 0 Å². The summed E-state index contributed by atoms with van der Waals surface area (Å²) < 4.78 is 5.64. The first kappa shape index (κ1) is 13.9. The molecule has 0 fully saturated rings. The van der Waals surface area contributed by atoms with Crippen LogP contribution in [0, 0.1) is 5.41 Å². The Kier molecular flexibility index (Phi) is 4.17. The summed E-state index contributed by atoms with van der Waals surface area (Å²) in [6.45, 7) is 16.2. The maximum atomic E-state index is 5.64. The van der Waals surface area contributed by atoms with E-state index in [0.717, 1.165) is 6.54 Å². The van der Waals surface area contributed by atoms with E-state index in [1.807, 2.05) is 0 Å². The lowest BCUT2D eigenvalue weighted by Crippen LogP contribution is -2.53. The molecule has 0 saturated carbocycles. The molecule has 0 radical (unpaired) electrons. The average Bonchev–Trinajstić information content (AvgIpc) is 1.96. The molecule has 14 heavy (non-hydrogen) atoms. The summed E-state index contributed by atoms with van der Waals surface area (Å²) in [5, 5.41) is 3.49. The van der Waals surface area contributed by atoms with Crippen LogP contribution in [0.4, 0.5) is 0 Å². The van der Waals surface area contributed by atoms with E-state index in [-0.39, 0.29) is 16.6 Å². The highest BCUT2D eigenvalue weighted by molar-refractivity contribution is 4.91. The van der Waals surface area contributed by atoms with E-state index in [0.29, 0.717) is 0 Å². The Labute approximate surface area is 89.4 Å². The number of rotatable bonds is 3. The van der Waals surface area contributed by atoms with E-state index < -0.39 is 0 Å². The number of methoxy groups -OCH3 is 1. The molecule has 1 N–H and O–H groups in total. The molecule has 0 amide bonds. The van der Waals surface area contributed by atoms with Gasteiger partial charge in [-0.25, -0.2) is 0 Å². The van der Waals surface area contributed by atoms with Crippen molar-refractivity contribution in [1.29, 1.82) is 0 Å². The van der Waals surface area contributed by atoms with Crippen molar-refractivity contribution >= 4 is 0 Å². The van der Waals surface area contributed by atoms with Crippen LogP contribution in [0.5, 0.6) is 0 Å². The van der Waals surface area contributed by atoms with Gasteiger partial charge in [0.25, 0.3) is 0 Å². The van der Waals surface area contributed by atoms with Gasteiger partial charge in [0.05, 0.1) is 5.60 Å². The molecule has 2 heteroatoms.